The number of nitrogens with zero attached hydrogens (tertiary/aromatic N) is 3. The Bertz CT molecular complexity index is 968. The second-order valence-electron chi connectivity index (χ2n) is 7.86. The number of aromatic nitrogens is 3. The molecule has 8 heteroatoms. The van der Waals surface area contributed by atoms with Crippen LogP contribution in [-0.4, -0.2) is 32.3 Å². The molecule has 0 saturated heterocycles. The van der Waals surface area contributed by atoms with Gasteiger partial charge in [0, 0.05) is 12.8 Å². The van der Waals surface area contributed by atoms with Crippen molar-refractivity contribution in [1.82, 2.24) is 15.1 Å². The van der Waals surface area contributed by atoms with Crippen molar-refractivity contribution in [2.75, 3.05) is 0 Å². The van der Waals surface area contributed by atoms with Gasteiger partial charge >= 0.3 is 0 Å². The van der Waals surface area contributed by atoms with Crippen LogP contribution < -0.4 is 4.74 Å². The second kappa shape index (κ2) is 8.01. The predicted octanol–water partition coefficient (Wildman–Crippen LogP) is 5.10. The van der Waals surface area contributed by atoms with Crippen molar-refractivity contribution in [3.8, 4) is 23.2 Å². The Labute approximate surface area is 173 Å². The molecule has 2 heterocycles. The molecule has 30 heavy (non-hydrogen) atoms. The highest BCUT2D eigenvalue weighted by Gasteiger charge is 2.46. The molecule has 1 N–H and O–H groups in total. The highest BCUT2D eigenvalue weighted by molar-refractivity contribution is 5.51. The Kier molecular flexibility index (Phi) is 5.40. The summed E-state index contributed by atoms with van der Waals surface area (Å²) in [4.78, 5) is 8.42. The van der Waals surface area contributed by atoms with Gasteiger partial charge in [-0.25, -0.2) is 18.7 Å². The summed E-state index contributed by atoms with van der Waals surface area (Å²) >= 11 is 0. The summed E-state index contributed by atoms with van der Waals surface area (Å²) in [6.07, 6.45) is 10.3. The zero-order valence-corrected chi connectivity index (χ0v) is 16.6. The van der Waals surface area contributed by atoms with E-state index in [2.05, 4.69) is 21.7 Å². The van der Waals surface area contributed by atoms with Gasteiger partial charge in [0.2, 0.25) is 11.8 Å². The highest BCUT2D eigenvalue weighted by atomic mass is 19.3. The van der Waals surface area contributed by atoms with Crippen LogP contribution in [0.5, 0.6) is 11.8 Å². The molecule has 2 saturated carbocycles. The Balaban J connectivity index is 1.24. The lowest BCUT2D eigenvalue weighted by Crippen LogP contribution is -2.36. The minimum atomic E-state index is -2.51. The third-order valence-corrected chi connectivity index (χ3v) is 5.67. The largest absolute Gasteiger partial charge is 0.491 e. The first-order valence-corrected chi connectivity index (χ1v) is 9.88. The van der Waals surface area contributed by atoms with Gasteiger partial charge < -0.3 is 14.4 Å². The summed E-state index contributed by atoms with van der Waals surface area (Å²) in [5, 5.41) is 12.6. The first-order valence-electron chi connectivity index (χ1n) is 9.88. The van der Waals surface area contributed by atoms with E-state index in [1.54, 1.807) is 0 Å². The smallest absolute Gasteiger partial charge is 0.252 e. The van der Waals surface area contributed by atoms with Gasteiger partial charge in [0.1, 0.15) is 11.8 Å². The zero-order valence-electron chi connectivity index (χ0n) is 16.6. The molecule has 0 bridgehead atoms. The molecule has 0 amide bonds. The monoisotopic (exact) mass is 415 g/mol. The van der Waals surface area contributed by atoms with Crippen LogP contribution in [0.25, 0.3) is 11.5 Å². The van der Waals surface area contributed by atoms with Crippen molar-refractivity contribution < 1.29 is 23.1 Å². The molecule has 6 nitrogen and oxygen atoms in total. The van der Waals surface area contributed by atoms with Crippen molar-refractivity contribution in [3.05, 3.63) is 54.4 Å². The summed E-state index contributed by atoms with van der Waals surface area (Å²) in [7, 11) is 0. The Morgan fingerprint density at radius 1 is 1.23 bits per heavy atom. The molecule has 158 valence electrons. The van der Waals surface area contributed by atoms with Gasteiger partial charge in [-0.15, -0.1) is 0 Å². The molecular formula is C22H23F2N3O3. The molecule has 0 spiro atoms. The average molecular weight is 415 g/mol. The number of halogens is 2. The van der Waals surface area contributed by atoms with Crippen LogP contribution in [-0.2, 0) is 0 Å². The Morgan fingerprint density at radius 3 is 2.57 bits per heavy atom. The topological polar surface area (TPSA) is 81.3 Å². The van der Waals surface area contributed by atoms with Gasteiger partial charge in [0.15, 0.2) is 5.76 Å². The molecule has 2 aliphatic carbocycles. The van der Waals surface area contributed by atoms with Crippen molar-refractivity contribution >= 4 is 0 Å². The summed E-state index contributed by atoms with van der Waals surface area (Å²) in [5.74, 6) is -1.75. The van der Waals surface area contributed by atoms with Crippen LogP contribution in [0.15, 0.2) is 58.9 Å². The summed E-state index contributed by atoms with van der Waals surface area (Å²) < 4.78 is 37.0. The fourth-order valence-electron chi connectivity index (χ4n) is 3.73. The number of alkyl halides is 2. The van der Waals surface area contributed by atoms with Crippen molar-refractivity contribution in [1.29, 1.82) is 0 Å². The maximum atomic E-state index is 13.1. The van der Waals surface area contributed by atoms with E-state index in [-0.39, 0.29) is 30.7 Å². The molecule has 2 aromatic heterocycles. The number of hydrogen-bond donors (Lipinski definition) is 1. The van der Waals surface area contributed by atoms with Crippen LogP contribution >= 0.6 is 0 Å². The standard InChI is InChI=1S/C22H23F2N3O3/c1-3-14(16-9-22(23,24)10-16)5-4-13(2)15-6-17(7-15)29-21-12-25-18(11-26-21)19-8-20(28)27-30-19/h3-5,8,11-12,15-17H,2,6-7,9-10H2,1H3,(H,27,28)/b5-4-,14-3+/t15-,17+. The van der Waals surface area contributed by atoms with Crippen LogP contribution in [0.1, 0.15) is 32.6 Å². The minimum Gasteiger partial charge on any atom is -0.491 e. The van der Waals surface area contributed by atoms with E-state index in [4.69, 9.17) is 9.26 Å². The SMILES string of the molecule is C=C(/C=C\C(=C/C)C1CC(F)(F)C1)[C@H]1C[C@@H](Oc2cnc(-c3cc(O)no3)cn2)C1. The molecule has 0 unspecified atom stereocenters. The third-order valence-electron chi connectivity index (χ3n) is 5.67. The van der Waals surface area contributed by atoms with E-state index in [9.17, 15) is 13.9 Å². The van der Waals surface area contributed by atoms with Crippen molar-refractivity contribution in [2.24, 2.45) is 11.8 Å². The molecule has 2 aliphatic rings. The lowest BCUT2D eigenvalue weighted by atomic mass is 9.75. The predicted molar refractivity (Wildman–Crippen MR) is 106 cm³/mol. The molecule has 0 aliphatic heterocycles. The van der Waals surface area contributed by atoms with Gasteiger partial charge in [-0.1, -0.05) is 30.4 Å². The lowest BCUT2D eigenvalue weighted by molar-refractivity contribution is -0.0984. The van der Waals surface area contributed by atoms with Crippen LogP contribution in [0.2, 0.25) is 0 Å². The van der Waals surface area contributed by atoms with Gasteiger partial charge in [0.25, 0.3) is 5.88 Å². The molecule has 4 rings (SSSR count). The second-order valence-corrected chi connectivity index (χ2v) is 7.86. The van der Waals surface area contributed by atoms with Gasteiger partial charge in [-0.05, 0) is 42.3 Å². The number of aromatic hydroxyl groups is 1. The van der Waals surface area contributed by atoms with Crippen LogP contribution in [0.4, 0.5) is 8.78 Å². The van der Waals surface area contributed by atoms with Gasteiger partial charge in [-0.2, -0.15) is 0 Å². The number of ether oxygens (including phenoxy) is 1. The number of allylic oxidation sites excluding steroid dienone is 5. The van der Waals surface area contributed by atoms with Crippen molar-refractivity contribution in [3.63, 3.8) is 0 Å². The van der Waals surface area contributed by atoms with E-state index < -0.39 is 5.92 Å². The molecule has 0 radical (unpaired) electrons. The quantitative estimate of drug-likeness (QED) is 0.634. The van der Waals surface area contributed by atoms with Crippen LogP contribution in [0, 0.1) is 11.8 Å². The fraction of sp³-hybridized carbons (Fsp3) is 0.409. The normalized spacial score (nSPS) is 23.8. The molecule has 0 atom stereocenters. The zero-order chi connectivity index (χ0) is 21.3. The van der Waals surface area contributed by atoms with E-state index in [1.165, 1.54) is 18.5 Å². The lowest BCUT2D eigenvalue weighted by Gasteiger charge is -2.36. The Morgan fingerprint density at radius 2 is 2.00 bits per heavy atom. The van der Waals surface area contributed by atoms with E-state index in [0.29, 0.717) is 23.3 Å². The van der Waals surface area contributed by atoms with Gasteiger partial charge in [0.05, 0.1) is 18.5 Å². The molecular weight excluding hydrogens is 392 g/mol. The van der Waals surface area contributed by atoms with E-state index >= 15 is 0 Å². The Hall–Kier alpha value is -3.03. The summed E-state index contributed by atoms with van der Waals surface area (Å²) in [6.45, 7) is 6.00. The third kappa shape index (κ3) is 4.42. The maximum absolute atomic E-state index is 13.1. The minimum absolute atomic E-state index is 0.0288. The first-order chi connectivity index (χ1) is 14.3. The highest BCUT2D eigenvalue weighted by Crippen LogP contribution is 2.46. The molecule has 2 fully saturated rings. The fourth-order valence-corrected chi connectivity index (χ4v) is 3.73. The number of rotatable bonds is 7. The molecule has 0 aromatic carbocycles. The summed E-state index contributed by atoms with van der Waals surface area (Å²) in [6, 6.07) is 1.36. The van der Waals surface area contributed by atoms with E-state index in [1.807, 2.05) is 25.2 Å². The van der Waals surface area contributed by atoms with Crippen LogP contribution in [0.3, 0.4) is 0 Å². The first kappa shape index (κ1) is 20.3. The summed E-state index contributed by atoms with van der Waals surface area (Å²) in [5.41, 5.74) is 2.38. The van der Waals surface area contributed by atoms with E-state index in [0.717, 1.165) is 24.0 Å². The van der Waals surface area contributed by atoms with Gasteiger partial charge in [-0.3, -0.25) is 0 Å². The van der Waals surface area contributed by atoms with Crippen molar-refractivity contribution in [2.45, 2.75) is 44.6 Å². The molecule has 2 aromatic rings. The maximum Gasteiger partial charge on any atom is 0.252 e. The average Bonchev–Trinajstić information content (AvgIpc) is 3.10. The number of hydrogen-bond acceptors (Lipinski definition) is 6.